The number of hydrogen-bond donors (Lipinski definition) is 1. The first-order chi connectivity index (χ1) is 21.0. The lowest BCUT2D eigenvalue weighted by atomic mass is 9.89. The van der Waals surface area contributed by atoms with E-state index in [4.69, 9.17) is 9.47 Å². The van der Waals surface area contributed by atoms with Gasteiger partial charge in [-0.3, -0.25) is 9.69 Å². The van der Waals surface area contributed by atoms with Gasteiger partial charge < -0.3 is 14.0 Å². The second kappa shape index (κ2) is 12.0. The molecular formula is C30H30F3N6O5+. The number of aromatic amines is 1. The number of hydrogen-bond acceptors (Lipinski definition) is 8. The fraction of sp³-hybridized carbons (Fsp3) is 0.367. The number of nitriles is 1. The van der Waals surface area contributed by atoms with Crippen LogP contribution in [0.25, 0.3) is 0 Å². The highest BCUT2D eigenvalue weighted by molar-refractivity contribution is 5.93. The number of halogens is 3. The van der Waals surface area contributed by atoms with Gasteiger partial charge >= 0.3 is 17.8 Å². The van der Waals surface area contributed by atoms with Crippen molar-refractivity contribution in [2.24, 2.45) is 0 Å². The summed E-state index contributed by atoms with van der Waals surface area (Å²) < 4.78 is 52.9. The van der Waals surface area contributed by atoms with Crippen molar-refractivity contribution in [3.63, 3.8) is 0 Å². The third-order valence-electron chi connectivity index (χ3n) is 8.32. The first-order valence-electron chi connectivity index (χ1n) is 13.9. The maximum Gasteiger partial charge on any atom is 0.416 e. The lowest BCUT2D eigenvalue weighted by Crippen LogP contribution is -2.47. The Morgan fingerprint density at radius 2 is 1.98 bits per heavy atom. The molecule has 0 spiro atoms. The molecule has 1 fully saturated rings. The number of likely N-dealkylation sites (tertiary alicyclic amines) is 1. The Labute approximate surface area is 250 Å². The molecule has 1 N–H and O–H groups in total. The number of nitrogens with zero attached hydrogens (tertiary/aromatic N) is 5. The third-order valence-corrected chi connectivity index (χ3v) is 8.32. The van der Waals surface area contributed by atoms with Crippen molar-refractivity contribution >= 4 is 24.1 Å². The molecule has 44 heavy (non-hydrogen) atoms. The van der Waals surface area contributed by atoms with Crippen molar-refractivity contribution in [1.82, 2.24) is 14.8 Å². The highest BCUT2D eigenvalue weighted by atomic mass is 19.4. The van der Waals surface area contributed by atoms with Gasteiger partial charge in [0.25, 0.3) is 6.47 Å². The van der Waals surface area contributed by atoms with E-state index in [1.54, 1.807) is 25.1 Å². The van der Waals surface area contributed by atoms with Crippen LogP contribution in [-0.2, 0) is 31.8 Å². The number of esters is 1. The van der Waals surface area contributed by atoms with E-state index in [1.807, 2.05) is 0 Å². The van der Waals surface area contributed by atoms with Gasteiger partial charge in [-0.1, -0.05) is 12.1 Å². The summed E-state index contributed by atoms with van der Waals surface area (Å²) >= 11 is 0. The van der Waals surface area contributed by atoms with Crippen LogP contribution in [0.5, 0.6) is 0 Å². The van der Waals surface area contributed by atoms with E-state index in [0.29, 0.717) is 40.7 Å². The standard InChI is InChI=1S/C30H29F3N6O5/c1-19-25(27(41)43-2)26(38-28(35-36-29(38)42)37(19)23-7-5-6-22(15-23)30(31,32)33)24-9-8-20(16-34)14-21(24)17-39(10-3-4-11-39)12-13-44-18-40/h5-9,14-15,18,26H,3-4,10-13,17H2,1-2H3/p+1/t26-/m1/s1. The summed E-state index contributed by atoms with van der Waals surface area (Å²) in [7, 11) is 1.18. The molecule has 0 saturated carbocycles. The van der Waals surface area contributed by atoms with E-state index >= 15 is 0 Å². The van der Waals surface area contributed by atoms with Crippen LogP contribution in [0.15, 0.2) is 58.5 Å². The Morgan fingerprint density at radius 1 is 1.23 bits per heavy atom. The van der Waals surface area contributed by atoms with Crippen LogP contribution < -0.4 is 10.6 Å². The number of alkyl halides is 3. The summed E-state index contributed by atoms with van der Waals surface area (Å²) in [5, 5.41) is 16.3. The Balaban J connectivity index is 1.72. The van der Waals surface area contributed by atoms with Crippen LogP contribution in [-0.4, -0.2) is 65.0 Å². The molecule has 5 rings (SSSR count). The molecule has 14 heteroatoms. The molecule has 0 aliphatic carbocycles. The van der Waals surface area contributed by atoms with Gasteiger partial charge in [0.1, 0.15) is 25.7 Å². The number of quaternary nitrogens is 1. The lowest BCUT2D eigenvalue weighted by molar-refractivity contribution is -0.929. The lowest BCUT2D eigenvalue weighted by Gasteiger charge is -2.38. The summed E-state index contributed by atoms with van der Waals surface area (Å²) in [6, 6.07) is 10.5. The fourth-order valence-corrected chi connectivity index (χ4v) is 6.28. The number of carbonyl (C=O) groups excluding carboxylic acids is 2. The number of aromatic nitrogens is 3. The molecule has 2 aromatic carbocycles. The Morgan fingerprint density at radius 3 is 2.64 bits per heavy atom. The summed E-state index contributed by atoms with van der Waals surface area (Å²) in [6.45, 7) is 4.68. The van der Waals surface area contributed by atoms with Crippen molar-refractivity contribution in [2.45, 2.75) is 38.5 Å². The Kier molecular flexibility index (Phi) is 8.33. The summed E-state index contributed by atoms with van der Waals surface area (Å²) in [4.78, 5) is 39.0. The molecule has 3 aromatic rings. The highest BCUT2D eigenvalue weighted by Gasteiger charge is 2.42. The first kappa shape index (κ1) is 30.6. The molecule has 0 unspecified atom stereocenters. The van der Waals surface area contributed by atoms with E-state index in [-0.39, 0.29) is 29.5 Å². The number of anilines is 2. The number of carbonyl (C=O) groups is 2. The van der Waals surface area contributed by atoms with Gasteiger partial charge in [-0.15, -0.1) is 5.10 Å². The van der Waals surface area contributed by atoms with Crippen LogP contribution in [0.2, 0.25) is 0 Å². The quantitative estimate of drug-likeness (QED) is 0.167. The van der Waals surface area contributed by atoms with Crippen molar-refractivity contribution < 1.29 is 36.7 Å². The number of H-pyrrole nitrogens is 1. The second-order valence-electron chi connectivity index (χ2n) is 10.8. The van der Waals surface area contributed by atoms with Gasteiger partial charge in [0.15, 0.2) is 0 Å². The number of rotatable bonds is 9. The molecule has 2 aliphatic heterocycles. The second-order valence-corrected chi connectivity index (χ2v) is 10.8. The van der Waals surface area contributed by atoms with Crippen molar-refractivity contribution in [2.75, 3.05) is 38.3 Å². The summed E-state index contributed by atoms with van der Waals surface area (Å²) in [5.74, 6) is -0.813. The van der Waals surface area contributed by atoms with Crippen molar-refractivity contribution in [1.29, 1.82) is 5.26 Å². The fourth-order valence-electron chi connectivity index (χ4n) is 6.28. The summed E-state index contributed by atoms with van der Waals surface area (Å²) in [6.07, 6.45) is -2.74. The zero-order valence-corrected chi connectivity index (χ0v) is 24.1. The van der Waals surface area contributed by atoms with Crippen LogP contribution in [0.4, 0.5) is 24.8 Å². The average Bonchev–Trinajstić information content (AvgIpc) is 3.62. The molecule has 0 bridgehead atoms. The molecule has 1 aromatic heterocycles. The minimum Gasteiger partial charge on any atom is -0.466 e. The van der Waals surface area contributed by atoms with Gasteiger partial charge in [0.05, 0.1) is 43.0 Å². The topological polar surface area (TPSA) is 130 Å². The first-order valence-corrected chi connectivity index (χ1v) is 13.9. The Hall–Kier alpha value is -4.90. The number of fused-ring (bicyclic) bond motifs is 1. The van der Waals surface area contributed by atoms with Gasteiger partial charge in [0, 0.05) is 29.8 Å². The van der Waals surface area contributed by atoms with Gasteiger partial charge in [-0.25, -0.2) is 19.3 Å². The maximum absolute atomic E-state index is 13.6. The smallest absolute Gasteiger partial charge is 0.416 e. The predicted molar refractivity (Wildman–Crippen MR) is 150 cm³/mol. The molecular weight excluding hydrogens is 581 g/mol. The van der Waals surface area contributed by atoms with Crippen LogP contribution >= 0.6 is 0 Å². The Bertz CT molecular complexity index is 1710. The molecule has 230 valence electrons. The maximum atomic E-state index is 13.6. The third kappa shape index (κ3) is 5.58. The van der Waals surface area contributed by atoms with Gasteiger partial charge in [-0.2, -0.15) is 18.4 Å². The van der Waals surface area contributed by atoms with Crippen LogP contribution in [0, 0.1) is 11.3 Å². The minimum absolute atomic E-state index is 0.0177. The largest absolute Gasteiger partial charge is 0.466 e. The van der Waals surface area contributed by atoms with E-state index in [9.17, 15) is 32.8 Å². The number of nitrogens with one attached hydrogen (secondary N) is 1. The normalized spacial score (nSPS) is 17.6. The zero-order chi connectivity index (χ0) is 31.6. The number of methoxy groups -OCH3 is 1. The number of allylic oxidation sites excluding steroid dienone is 1. The number of benzene rings is 2. The van der Waals surface area contributed by atoms with E-state index in [0.717, 1.165) is 38.1 Å². The van der Waals surface area contributed by atoms with Crippen LogP contribution in [0.1, 0.15) is 48.1 Å². The van der Waals surface area contributed by atoms with Crippen LogP contribution in [0.3, 0.4) is 0 Å². The SMILES string of the molecule is COC(=O)C1=C(C)N(c2cccc(C(F)(F)F)c2)c2n[nH]c(=O)n2[C@@H]1c1ccc(C#N)cc1C[N+]1(CCOC=O)CCCC1. The molecule has 2 aliphatic rings. The minimum atomic E-state index is -4.63. The number of ether oxygens (including phenoxy) is 2. The van der Waals surface area contributed by atoms with Gasteiger partial charge in [0.2, 0.25) is 5.95 Å². The molecule has 0 radical (unpaired) electrons. The average molecular weight is 612 g/mol. The highest BCUT2D eigenvalue weighted by Crippen LogP contribution is 2.44. The van der Waals surface area contributed by atoms with Gasteiger partial charge in [-0.05, 0) is 42.8 Å². The van der Waals surface area contributed by atoms with E-state index in [2.05, 4.69) is 16.3 Å². The molecule has 3 heterocycles. The molecule has 11 nitrogen and oxygen atoms in total. The van der Waals surface area contributed by atoms with E-state index in [1.165, 1.54) is 28.7 Å². The monoisotopic (exact) mass is 611 g/mol. The molecule has 0 amide bonds. The summed E-state index contributed by atoms with van der Waals surface area (Å²) in [5.41, 5.74) is 0.232. The predicted octanol–water partition coefficient (Wildman–Crippen LogP) is 3.93. The zero-order valence-electron chi connectivity index (χ0n) is 24.1. The molecule has 1 atom stereocenters. The van der Waals surface area contributed by atoms with E-state index < -0.39 is 29.4 Å². The van der Waals surface area contributed by atoms with Crippen molar-refractivity contribution in [3.8, 4) is 6.07 Å². The van der Waals surface area contributed by atoms with Crippen molar-refractivity contribution in [3.05, 3.63) is 86.5 Å². The molecule has 1 saturated heterocycles.